The standard InChI is InChI=1S/C12H21N3/c1-9-5-11(9)13-6-10-7-14-15(8-10)12(2,3)4/h7-9,11,13H,5-6H2,1-4H3. The first-order valence-corrected chi connectivity index (χ1v) is 5.74. The Labute approximate surface area is 91.9 Å². The first kappa shape index (κ1) is 10.7. The molecule has 0 spiro atoms. The third kappa shape index (κ3) is 2.59. The Morgan fingerprint density at radius 3 is 2.67 bits per heavy atom. The van der Waals surface area contributed by atoms with Gasteiger partial charge in [0.25, 0.3) is 0 Å². The van der Waals surface area contributed by atoms with E-state index in [0.29, 0.717) is 0 Å². The molecule has 15 heavy (non-hydrogen) atoms. The van der Waals surface area contributed by atoms with E-state index in [1.165, 1.54) is 12.0 Å². The van der Waals surface area contributed by atoms with Crippen LogP contribution in [-0.4, -0.2) is 15.8 Å². The smallest absolute Gasteiger partial charge is 0.0543 e. The maximum Gasteiger partial charge on any atom is 0.0543 e. The number of hydrogen-bond donors (Lipinski definition) is 1. The SMILES string of the molecule is CC1CC1NCc1cnn(C(C)(C)C)c1. The normalized spacial score (nSPS) is 25.6. The molecule has 1 N–H and O–H groups in total. The van der Waals surface area contributed by atoms with Gasteiger partial charge in [0.2, 0.25) is 0 Å². The summed E-state index contributed by atoms with van der Waals surface area (Å²) in [6.07, 6.45) is 5.43. The molecule has 2 atom stereocenters. The lowest BCUT2D eigenvalue weighted by atomic mass is 10.1. The van der Waals surface area contributed by atoms with Gasteiger partial charge >= 0.3 is 0 Å². The molecule has 1 saturated carbocycles. The molecule has 3 nitrogen and oxygen atoms in total. The van der Waals surface area contributed by atoms with E-state index < -0.39 is 0 Å². The molecule has 1 aliphatic rings. The Morgan fingerprint density at radius 1 is 1.53 bits per heavy atom. The van der Waals surface area contributed by atoms with E-state index >= 15 is 0 Å². The Hall–Kier alpha value is -0.830. The van der Waals surface area contributed by atoms with Crippen molar-refractivity contribution in [2.24, 2.45) is 5.92 Å². The average molecular weight is 207 g/mol. The van der Waals surface area contributed by atoms with Gasteiger partial charge in [-0.25, -0.2) is 0 Å². The lowest BCUT2D eigenvalue weighted by Gasteiger charge is -2.18. The molecule has 1 aromatic heterocycles. The third-order valence-electron chi connectivity index (χ3n) is 3.00. The maximum atomic E-state index is 4.38. The van der Waals surface area contributed by atoms with Crippen molar-refractivity contribution in [2.45, 2.75) is 52.2 Å². The highest BCUT2D eigenvalue weighted by molar-refractivity contribution is 5.06. The van der Waals surface area contributed by atoms with Crippen molar-refractivity contribution in [1.82, 2.24) is 15.1 Å². The summed E-state index contributed by atoms with van der Waals surface area (Å²) in [4.78, 5) is 0. The summed E-state index contributed by atoms with van der Waals surface area (Å²) in [5, 5.41) is 7.92. The van der Waals surface area contributed by atoms with Gasteiger partial charge in [-0.1, -0.05) is 6.92 Å². The molecular weight excluding hydrogens is 186 g/mol. The van der Waals surface area contributed by atoms with Crippen LogP contribution in [0.2, 0.25) is 0 Å². The van der Waals surface area contributed by atoms with Crippen LogP contribution in [0.4, 0.5) is 0 Å². The quantitative estimate of drug-likeness (QED) is 0.823. The van der Waals surface area contributed by atoms with Crippen LogP contribution >= 0.6 is 0 Å². The largest absolute Gasteiger partial charge is 0.310 e. The van der Waals surface area contributed by atoms with Crippen LogP contribution in [0.3, 0.4) is 0 Å². The highest BCUT2D eigenvalue weighted by Crippen LogP contribution is 2.29. The molecular formula is C12H21N3. The van der Waals surface area contributed by atoms with E-state index in [4.69, 9.17) is 0 Å². The van der Waals surface area contributed by atoms with Crippen molar-refractivity contribution in [3.63, 3.8) is 0 Å². The van der Waals surface area contributed by atoms with Crippen LogP contribution in [0.25, 0.3) is 0 Å². The molecule has 1 fully saturated rings. The highest BCUT2D eigenvalue weighted by Gasteiger charge is 2.31. The lowest BCUT2D eigenvalue weighted by Crippen LogP contribution is -2.22. The van der Waals surface area contributed by atoms with Gasteiger partial charge in [-0.2, -0.15) is 5.10 Å². The van der Waals surface area contributed by atoms with Crippen molar-refractivity contribution in [3.05, 3.63) is 18.0 Å². The number of aromatic nitrogens is 2. The zero-order chi connectivity index (χ0) is 11.1. The molecule has 2 rings (SSSR count). The van der Waals surface area contributed by atoms with E-state index in [9.17, 15) is 0 Å². The second-order valence-corrected chi connectivity index (χ2v) is 5.66. The predicted molar refractivity (Wildman–Crippen MR) is 61.6 cm³/mol. The summed E-state index contributed by atoms with van der Waals surface area (Å²) >= 11 is 0. The fraction of sp³-hybridized carbons (Fsp3) is 0.750. The molecule has 0 bridgehead atoms. The van der Waals surface area contributed by atoms with Gasteiger partial charge in [-0.3, -0.25) is 4.68 Å². The van der Waals surface area contributed by atoms with Crippen molar-refractivity contribution in [2.75, 3.05) is 0 Å². The van der Waals surface area contributed by atoms with Crippen LogP contribution < -0.4 is 5.32 Å². The molecule has 3 heteroatoms. The van der Waals surface area contributed by atoms with Gasteiger partial charge in [0.15, 0.2) is 0 Å². The average Bonchev–Trinajstić information content (AvgIpc) is 2.66. The minimum Gasteiger partial charge on any atom is -0.310 e. The summed E-state index contributed by atoms with van der Waals surface area (Å²) in [6, 6.07) is 0.739. The van der Waals surface area contributed by atoms with Gasteiger partial charge in [-0.15, -0.1) is 0 Å². The fourth-order valence-corrected chi connectivity index (χ4v) is 1.67. The number of hydrogen-bond acceptors (Lipinski definition) is 2. The summed E-state index contributed by atoms with van der Waals surface area (Å²) in [7, 11) is 0. The van der Waals surface area contributed by atoms with Gasteiger partial charge in [0.05, 0.1) is 11.7 Å². The summed E-state index contributed by atoms with van der Waals surface area (Å²) in [6.45, 7) is 9.74. The van der Waals surface area contributed by atoms with E-state index in [0.717, 1.165) is 18.5 Å². The first-order valence-electron chi connectivity index (χ1n) is 5.74. The number of nitrogens with one attached hydrogen (secondary N) is 1. The topological polar surface area (TPSA) is 29.9 Å². The van der Waals surface area contributed by atoms with Crippen molar-refractivity contribution >= 4 is 0 Å². The molecule has 84 valence electrons. The van der Waals surface area contributed by atoms with E-state index in [-0.39, 0.29) is 5.54 Å². The van der Waals surface area contributed by atoms with E-state index in [1.54, 1.807) is 0 Å². The molecule has 1 heterocycles. The van der Waals surface area contributed by atoms with Crippen LogP contribution in [0.15, 0.2) is 12.4 Å². The number of nitrogens with zero attached hydrogens (tertiary/aromatic N) is 2. The second-order valence-electron chi connectivity index (χ2n) is 5.66. The first-order chi connectivity index (χ1) is 6.97. The molecule has 2 unspecified atom stereocenters. The van der Waals surface area contributed by atoms with Crippen LogP contribution in [0.1, 0.15) is 39.7 Å². The summed E-state index contributed by atoms with van der Waals surface area (Å²) in [5.74, 6) is 0.864. The van der Waals surface area contributed by atoms with Gasteiger partial charge < -0.3 is 5.32 Å². The van der Waals surface area contributed by atoms with Crippen LogP contribution in [0.5, 0.6) is 0 Å². The van der Waals surface area contributed by atoms with E-state index in [2.05, 4.69) is 44.3 Å². The van der Waals surface area contributed by atoms with Crippen molar-refractivity contribution in [1.29, 1.82) is 0 Å². The molecule has 1 aromatic rings. The van der Waals surface area contributed by atoms with Gasteiger partial charge in [0, 0.05) is 24.3 Å². The molecule has 0 amide bonds. The maximum absolute atomic E-state index is 4.38. The summed E-state index contributed by atoms with van der Waals surface area (Å²) in [5.41, 5.74) is 1.37. The molecule has 0 aromatic carbocycles. The molecule has 1 aliphatic carbocycles. The minimum atomic E-state index is 0.0884. The molecule has 0 saturated heterocycles. The van der Waals surface area contributed by atoms with Gasteiger partial charge in [-0.05, 0) is 33.1 Å². The zero-order valence-electron chi connectivity index (χ0n) is 10.1. The Morgan fingerprint density at radius 2 is 2.20 bits per heavy atom. The molecule has 0 radical (unpaired) electrons. The number of rotatable bonds is 3. The Balaban J connectivity index is 1.90. The molecule has 0 aliphatic heterocycles. The van der Waals surface area contributed by atoms with Crippen molar-refractivity contribution in [3.8, 4) is 0 Å². The van der Waals surface area contributed by atoms with Crippen LogP contribution in [0, 0.1) is 5.92 Å². The van der Waals surface area contributed by atoms with Crippen LogP contribution in [-0.2, 0) is 12.1 Å². The van der Waals surface area contributed by atoms with Crippen molar-refractivity contribution < 1.29 is 0 Å². The van der Waals surface area contributed by atoms with E-state index in [1.807, 2.05) is 10.9 Å². The Kier molecular flexibility index (Phi) is 2.59. The predicted octanol–water partition coefficient (Wildman–Crippen LogP) is 2.14. The highest BCUT2D eigenvalue weighted by atomic mass is 15.3. The zero-order valence-corrected chi connectivity index (χ0v) is 10.1. The van der Waals surface area contributed by atoms with Gasteiger partial charge in [0.1, 0.15) is 0 Å². The monoisotopic (exact) mass is 207 g/mol. The second kappa shape index (κ2) is 3.63. The fourth-order valence-electron chi connectivity index (χ4n) is 1.67. The summed E-state index contributed by atoms with van der Waals surface area (Å²) < 4.78 is 2.03. The lowest BCUT2D eigenvalue weighted by molar-refractivity contribution is 0.355. The minimum absolute atomic E-state index is 0.0884. The third-order valence-corrected chi connectivity index (χ3v) is 3.00. The Bertz CT molecular complexity index is 335.